The summed E-state index contributed by atoms with van der Waals surface area (Å²) in [5.74, 6) is 0.440. The molecule has 0 aliphatic carbocycles. The van der Waals surface area contributed by atoms with Crippen molar-refractivity contribution < 1.29 is 19.0 Å². The van der Waals surface area contributed by atoms with Gasteiger partial charge in [0.1, 0.15) is 24.3 Å². The van der Waals surface area contributed by atoms with Crippen LogP contribution in [0.15, 0.2) is 48.5 Å². The topological polar surface area (TPSA) is 53.0 Å². The summed E-state index contributed by atoms with van der Waals surface area (Å²) in [6, 6.07) is 13.7. The average Bonchev–Trinajstić information content (AvgIpc) is 2.68. The van der Waals surface area contributed by atoms with Crippen LogP contribution in [0.2, 0.25) is 0 Å². The highest BCUT2D eigenvalue weighted by Gasteiger charge is 2.21. The summed E-state index contributed by atoms with van der Waals surface area (Å²) in [6.45, 7) is 5.19. The molecule has 2 aromatic rings. The van der Waals surface area contributed by atoms with Crippen molar-refractivity contribution >= 4 is 23.9 Å². The summed E-state index contributed by atoms with van der Waals surface area (Å²) in [4.78, 5) is 15.5. The lowest BCUT2D eigenvalue weighted by Crippen LogP contribution is -2.49. The number of rotatable bonds is 7. The minimum Gasteiger partial charge on any atom is -0.491 e. The Morgan fingerprint density at radius 3 is 2.36 bits per heavy atom. The lowest BCUT2D eigenvalue weighted by molar-refractivity contribution is 0.0662. The molecule has 1 aliphatic heterocycles. The first-order valence-corrected chi connectivity index (χ1v) is 9.16. The van der Waals surface area contributed by atoms with E-state index in [4.69, 9.17) is 4.74 Å². The Morgan fingerprint density at radius 2 is 1.75 bits per heavy atom. The van der Waals surface area contributed by atoms with E-state index in [1.165, 1.54) is 13.0 Å². The molecule has 5 nitrogen and oxygen atoms in total. The molecule has 0 bridgehead atoms. The van der Waals surface area contributed by atoms with Crippen molar-refractivity contribution in [1.29, 1.82) is 0 Å². The maximum absolute atomic E-state index is 13.9. The predicted octanol–water partition coefficient (Wildman–Crippen LogP) is 3.01. The number of carbonyl (C=O) groups excluding carboxylic acids is 1. The molecule has 1 atom stereocenters. The lowest BCUT2D eigenvalue weighted by Gasteiger charge is -2.36. The third kappa shape index (κ3) is 5.92. The standard InChI is InChI=1S/C21H25FN2O3.ClH/c1-16(25)17-6-8-19(9-7-17)27-15-18(26)14-23-10-12-24(13-11-23)21-5-3-2-4-20(21)22;/h2-9,18,26H,10-15H2,1H3;1H. The van der Waals surface area contributed by atoms with Gasteiger partial charge in [-0.1, -0.05) is 12.1 Å². The molecule has 152 valence electrons. The minimum absolute atomic E-state index is 0. The van der Waals surface area contributed by atoms with Gasteiger partial charge in [0, 0.05) is 38.3 Å². The van der Waals surface area contributed by atoms with Gasteiger partial charge >= 0.3 is 0 Å². The van der Waals surface area contributed by atoms with Crippen LogP contribution in [0.5, 0.6) is 5.75 Å². The molecule has 1 unspecified atom stereocenters. The molecule has 28 heavy (non-hydrogen) atoms. The lowest BCUT2D eigenvalue weighted by atomic mass is 10.1. The Balaban J connectivity index is 0.00000280. The van der Waals surface area contributed by atoms with E-state index < -0.39 is 6.10 Å². The maximum atomic E-state index is 13.9. The van der Waals surface area contributed by atoms with E-state index in [1.54, 1.807) is 36.4 Å². The molecular formula is C21H26ClFN2O3. The number of aliphatic hydroxyl groups is 1. The van der Waals surface area contributed by atoms with Crippen LogP contribution >= 0.6 is 12.4 Å². The monoisotopic (exact) mass is 408 g/mol. The van der Waals surface area contributed by atoms with Crippen molar-refractivity contribution in [2.75, 3.05) is 44.2 Å². The zero-order valence-corrected chi connectivity index (χ0v) is 16.7. The van der Waals surface area contributed by atoms with Crippen molar-refractivity contribution in [1.82, 2.24) is 4.90 Å². The van der Waals surface area contributed by atoms with E-state index in [0.717, 1.165) is 26.2 Å². The quantitative estimate of drug-likeness (QED) is 0.714. The van der Waals surface area contributed by atoms with E-state index in [0.29, 0.717) is 23.5 Å². The number of β-amino-alcohol motifs (C(OH)–C–C–N with tert-alkyl or cyclic N) is 1. The third-order valence-corrected chi connectivity index (χ3v) is 4.74. The number of para-hydroxylation sites is 1. The molecule has 0 amide bonds. The van der Waals surface area contributed by atoms with Gasteiger partial charge in [-0.2, -0.15) is 0 Å². The molecule has 1 N–H and O–H groups in total. The highest BCUT2D eigenvalue weighted by atomic mass is 35.5. The van der Waals surface area contributed by atoms with E-state index in [2.05, 4.69) is 4.90 Å². The first kappa shape index (κ1) is 22.1. The van der Waals surface area contributed by atoms with Crippen molar-refractivity contribution in [3.63, 3.8) is 0 Å². The summed E-state index contributed by atoms with van der Waals surface area (Å²) < 4.78 is 19.5. The van der Waals surface area contributed by atoms with Crippen LogP contribution in [0.4, 0.5) is 10.1 Å². The van der Waals surface area contributed by atoms with Crippen molar-refractivity contribution in [2.24, 2.45) is 0 Å². The molecule has 0 spiro atoms. The number of nitrogens with zero attached hydrogens (tertiary/aromatic N) is 2. The van der Waals surface area contributed by atoms with Crippen LogP contribution in [-0.2, 0) is 0 Å². The molecule has 1 fully saturated rings. The molecule has 3 rings (SSSR count). The van der Waals surface area contributed by atoms with Gasteiger partial charge in [0.2, 0.25) is 0 Å². The number of halogens is 2. The van der Waals surface area contributed by atoms with Gasteiger partial charge in [-0.3, -0.25) is 9.69 Å². The number of anilines is 1. The van der Waals surface area contributed by atoms with E-state index >= 15 is 0 Å². The number of hydrogen-bond donors (Lipinski definition) is 1. The Bertz CT molecular complexity index is 765. The smallest absolute Gasteiger partial charge is 0.159 e. The molecule has 0 aromatic heterocycles. The van der Waals surface area contributed by atoms with Gasteiger partial charge in [-0.05, 0) is 43.3 Å². The van der Waals surface area contributed by atoms with Gasteiger partial charge in [0.25, 0.3) is 0 Å². The van der Waals surface area contributed by atoms with Crippen molar-refractivity contribution in [3.05, 3.63) is 59.9 Å². The normalized spacial score (nSPS) is 15.6. The number of carbonyl (C=O) groups is 1. The maximum Gasteiger partial charge on any atom is 0.159 e. The van der Waals surface area contributed by atoms with Crippen LogP contribution < -0.4 is 9.64 Å². The third-order valence-electron chi connectivity index (χ3n) is 4.74. The molecule has 0 radical (unpaired) electrons. The molecule has 1 heterocycles. The summed E-state index contributed by atoms with van der Waals surface area (Å²) in [6.07, 6.45) is -0.613. The van der Waals surface area contributed by atoms with E-state index in [9.17, 15) is 14.3 Å². The molecule has 7 heteroatoms. The van der Waals surface area contributed by atoms with Gasteiger partial charge in [-0.25, -0.2) is 4.39 Å². The summed E-state index contributed by atoms with van der Waals surface area (Å²) in [5, 5.41) is 10.2. The summed E-state index contributed by atoms with van der Waals surface area (Å²) >= 11 is 0. The molecular weight excluding hydrogens is 383 g/mol. The Kier molecular flexibility index (Phi) is 8.23. The molecule has 0 saturated carbocycles. The first-order valence-electron chi connectivity index (χ1n) is 9.16. The summed E-state index contributed by atoms with van der Waals surface area (Å²) in [5.41, 5.74) is 1.27. The van der Waals surface area contributed by atoms with Gasteiger partial charge in [-0.15, -0.1) is 12.4 Å². The molecule has 1 aliphatic rings. The second kappa shape index (κ2) is 10.4. The fourth-order valence-corrected chi connectivity index (χ4v) is 3.21. The zero-order chi connectivity index (χ0) is 19.2. The second-order valence-electron chi connectivity index (χ2n) is 6.78. The van der Waals surface area contributed by atoms with Crippen molar-refractivity contribution in [2.45, 2.75) is 13.0 Å². The zero-order valence-electron chi connectivity index (χ0n) is 15.9. The Morgan fingerprint density at radius 1 is 1.11 bits per heavy atom. The number of piperazine rings is 1. The first-order chi connectivity index (χ1) is 13.0. The SMILES string of the molecule is CC(=O)c1ccc(OCC(O)CN2CCN(c3ccccc3F)CC2)cc1.Cl. The van der Waals surface area contributed by atoms with E-state index in [1.807, 2.05) is 11.0 Å². The van der Waals surface area contributed by atoms with Crippen LogP contribution in [0.1, 0.15) is 17.3 Å². The number of benzene rings is 2. The fourth-order valence-electron chi connectivity index (χ4n) is 3.21. The van der Waals surface area contributed by atoms with Gasteiger partial charge < -0.3 is 14.7 Å². The summed E-state index contributed by atoms with van der Waals surface area (Å²) in [7, 11) is 0. The highest BCUT2D eigenvalue weighted by Crippen LogP contribution is 2.20. The van der Waals surface area contributed by atoms with Crippen LogP contribution in [-0.4, -0.2) is 61.2 Å². The molecule has 2 aromatic carbocycles. The number of Topliss-reactive ketones (excluding diaryl/α,β-unsaturated/α-hetero) is 1. The van der Waals surface area contributed by atoms with Gasteiger partial charge in [0.05, 0.1) is 5.69 Å². The fraction of sp³-hybridized carbons (Fsp3) is 0.381. The van der Waals surface area contributed by atoms with Gasteiger partial charge in [0.15, 0.2) is 5.78 Å². The predicted molar refractivity (Wildman–Crippen MR) is 110 cm³/mol. The van der Waals surface area contributed by atoms with E-state index in [-0.39, 0.29) is 30.6 Å². The Hall–Kier alpha value is -2.15. The number of ether oxygens (including phenoxy) is 1. The van der Waals surface area contributed by atoms with Crippen molar-refractivity contribution in [3.8, 4) is 5.75 Å². The van der Waals surface area contributed by atoms with Crippen LogP contribution in [0.25, 0.3) is 0 Å². The average molecular weight is 409 g/mol. The van der Waals surface area contributed by atoms with Crippen LogP contribution in [0, 0.1) is 5.82 Å². The minimum atomic E-state index is -0.613. The van der Waals surface area contributed by atoms with Crippen LogP contribution in [0.3, 0.4) is 0 Å². The number of ketones is 1. The second-order valence-corrected chi connectivity index (χ2v) is 6.78. The number of aliphatic hydroxyl groups excluding tert-OH is 1. The Labute approximate surface area is 171 Å². The largest absolute Gasteiger partial charge is 0.491 e. The molecule has 1 saturated heterocycles. The highest BCUT2D eigenvalue weighted by molar-refractivity contribution is 5.94. The number of hydrogen-bond acceptors (Lipinski definition) is 5.